The molecule has 0 atom stereocenters. The maximum absolute atomic E-state index is 10.6. The Hall–Kier alpha value is -2.73. The number of rotatable bonds is 6. The first-order valence-corrected chi connectivity index (χ1v) is 7.10. The van der Waals surface area contributed by atoms with E-state index in [9.17, 15) is 4.79 Å². The third kappa shape index (κ3) is 5.19. The highest BCUT2D eigenvalue weighted by atomic mass is 35.5. The summed E-state index contributed by atoms with van der Waals surface area (Å²) in [7, 11) is 1.56. The highest BCUT2D eigenvalue weighted by Gasteiger charge is 2.06. The Morgan fingerprint density at radius 3 is 2.83 bits per heavy atom. The van der Waals surface area contributed by atoms with Gasteiger partial charge in [0.1, 0.15) is 6.61 Å². The molecule has 0 aliphatic carbocycles. The monoisotopic (exact) mass is 333 g/mol. The van der Waals surface area contributed by atoms with Crippen LogP contribution in [0.25, 0.3) is 0 Å². The van der Waals surface area contributed by atoms with Gasteiger partial charge in [0, 0.05) is 5.02 Å². The van der Waals surface area contributed by atoms with Crippen LogP contribution in [0.5, 0.6) is 11.5 Å². The molecular weight excluding hydrogens is 318 g/mol. The molecule has 0 heterocycles. The molecule has 0 aliphatic rings. The summed E-state index contributed by atoms with van der Waals surface area (Å²) in [4.78, 5) is 10.6. The molecule has 0 aliphatic heterocycles. The third-order valence-corrected chi connectivity index (χ3v) is 3.09. The number of urea groups is 1. The van der Waals surface area contributed by atoms with E-state index in [0.29, 0.717) is 23.1 Å². The Labute approximate surface area is 138 Å². The minimum atomic E-state index is -0.729. The van der Waals surface area contributed by atoms with Gasteiger partial charge in [0.2, 0.25) is 0 Å². The Kier molecular flexibility index (Phi) is 5.82. The lowest BCUT2D eigenvalue weighted by atomic mass is 10.2. The predicted molar refractivity (Wildman–Crippen MR) is 89.1 cm³/mol. The smallest absolute Gasteiger partial charge is 0.332 e. The summed E-state index contributed by atoms with van der Waals surface area (Å²) in [5, 5.41) is 4.35. The summed E-state index contributed by atoms with van der Waals surface area (Å²) in [6.45, 7) is 0.344. The van der Waals surface area contributed by atoms with Gasteiger partial charge >= 0.3 is 6.03 Å². The van der Waals surface area contributed by atoms with Gasteiger partial charge in [-0.05, 0) is 41.5 Å². The van der Waals surface area contributed by atoms with Crippen LogP contribution >= 0.6 is 11.6 Å². The van der Waals surface area contributed by atoms with Crippen molar-refractivity contribution in [2.45, 2.75) is 6.61 Å². The van der Waals surface area contributed by atoms with E-state index in [0.717, 1.165) is 11.1 Å². The predicted octanol–water partition coefficient (Wildman–Crippen LogP) is 2.93. The van der Waals surface area contributed by atoms with Crippen molar-refractivity contribution in [2.75, 3.05) is 7.11 Å². The zero-order valence-corrected chi connectivity index (χ0v) is 13.2. The molecule has 0 radical (unpaired) electrons. The number of ether oxygens (including phenoxy) is 2. The van der Waals surface area contributed by atoms with Crippen LogP contribution in [0.4, 0.5) is 4.79 Å². The molecule has 0 aromatic heterocycles. The molecule has 2 aromatic carbocycles. The van der Waals surface area contributed by atoms with Crippen LogP contribution in [0, 0.1) is 0 Å². The summed E-state index contributed by atoms with van der Waals surface area (Å²) >= 11 is 5.95. The van der Waals surface area contributed by atoms with Crippen LogP contribution < -0.4 is 20.6 Å². The van der Waals surface area contributed by atoms with Gasteiger partial charge in [-0.15, -0.1) is 0 Å². The van der Waals surface area contributed by atoms with Gasteiger partial charge in [-0.2, -0.15) is 5.10 Å². The van der Waals surface area contributed by atoms with Crippen molar-refractivity contribution in [2.24, 2.45) is 10.8 Å². The molecule has 7 heteroatoms. The summed E-state index contributed by atoms with van der Waals surface area (Å²) in [5.74, 6) is 1.14. The number of nitrogens with one attached hydrogen (secondary N) is 1. The average Bonchev–Trinajstić information content (AvgIpc) is 2.53. The lowest BCUT2D eigenvalue weighted by molar-refractivity contribution is 0.249. The molecule has 2 rings (SSSR count). The number of carbonyl (C=O) groups excluding carboxylic acids is 1. The van der Waals surface area contributed by atoms with Gasteiger partial charge in [0.25, 0.3) is 0 Å². The number of nitrogens with two attached hydrogens (primary N) is 1. The van der Waals surface area contributed by atoms with Gasteiger partial charge in [-0.1, -0.05) is 23.7 Å². The number of carbonyl (C=O) groups is 1. The van der Waals surface area contributed by atoms with E-state index < -0.39 is 6.03 Å². The topological polar surface area (TPSA) is 85.9 Å². The number of hydrogen-bond acceptors (Lipinski definition) is 4. The third-order valence-electron chi connectivity index (χ3n) is 2.86. The maximum atomic E-state index is 10.6. The lowest BCUT2D eigenvalue weighted by Crippen LogP contribution is -2.24. The number of methoxy groups -OCH3 is 1. The molecule has 0 unspecified atom stereocenters. The van der Waals surface area contributed by atoms with E-state index in [1.165, 1.54) is 6.21 Å². The fourth-order valence-electron chi connectivity index (χ4n) is 1.84. The summed E-state index contributed by atoms with van der Waals surface area (Å²) in [6.07, 6.45) is 1.45. The van der Waals surface area contributed by atoms with E-state index in [2.05, 4.69) is 10.5 Å². The van der Waals surface area contributed by atoms with Gasteiger partial charge in [0.05, 0.1) is 13.3 Å². The van der Waals surface area contributed by atoms with Crippen molar-refractivity contribution in [1.29, 1.82) is 0 Å². The van der Waals surface area contributed by atoms with E-state index in [1.807, 2.05) is 18.2 Å². The van der Waals surface area contributed by atoms with Crippen LogP contribution in [-0.4, -0.2) is 19.4 Å². The summed E-state index contributed by atoms with van der Waals surface area (Å²) in [5.41, 5.74) is 8.73. The minimum Gasteiger partial charge on any atom is -0.493 e. The zero-order chi connectivity index (χ0) is 16.7. The van der Waals surface area contributed by atoms with Crippen molar-refractivity contribution in [3.05, 3.63) is 58.6 Å². The van der Waals surface area contributed by atoms with Crippen LogP contribution in [0.1, 0.15) is 11.1 Å². The molecule has 2 amide bonds. The second kappa shape index (κ2) is 8.05. The van der Waals surface area contributed by atoms with E-state index in [4.69, 9.17) is 26.8 Å². The first-order chi connectivity index (χ1) is 11.1. The second-order valence-electron chi connectivity index (χ2n) is 4.56. The Morgan fingerprint density at radius 2 is 2.13 bits per heavy atom. The summed E-state index contributed by atoms with van der Waals surface area (Å²) < 4.78 is 11.0. The standard InChI is InChI=1S/C16H16ClN3O3/c1-22-14-6-5-11(9-19-20-16(18)21)8-15(14)23-10-12-3-2-4-13(17)7-12/h2-9H,10H2,1H3,(H3,18,20,21). The Morgan fingerprint density at radius 1 is 1.30 bits per heavy atom. The van der Waals surface area contributed by atoms with Crippen molar-refractivity contribution in [1.82, 2.24) is 5.43 Å². The summed E-state index contributed by atoms with van der Waals surface area (Å²) in [6, 6.07) is 11.9. The first-order valence-electron chi connectivity index (χ1n) is 6.72. The number of nitrogens with zero attached hydrogens (tertiary/aromatic N) is 1. The number of halogens is 1. The zero-order valence-electron chi connectivity index (χ0n) is 12.5. The number of amides is 2. The van der Waals surface area contributed by atoms with Crippen molar-refractivity contribution >= 4 is 23.8 Å². The molecule has 6 nitrogen and oxygen atoms in total. The molecule has 23 heavy (non-hydrogen) atoms. The number of benzene rings is 2. The average molecular weight is 334 g/mol. The molecule has 0 saturated carbocycles. The van der Waals surface area contributed by atoms with Crippen LogP contribution in [-0.2, 0) is 6.61 Å². The minimum absolute atomic E-state index is 0.344. The van der Waals surface area contributed by atoms with Crippen LogP contribution in [0.3, 0.4) is 0 Å². The van der Waals surface area contributed by atoms with Crippen molar-refractivity contribution in [3.63, 3.8) is 0 Å². The lowest BCUT2D eigenvalue weighted by Gasteiger charge is -2.11. The Balaban J connectivity index is 2.12. The number of hydrazone groups is 1. The highest BCUT2D eigenvalue weighted by Crippen LogP contribution is 2.28. The Bertz CT molecular complexity index is 719. The van der Waals surface area contributed by atoms with Crippen molar-refractivity contribution in [3.8, 4) is 11.5 Å². The molecular formula is C16H16ClN3O3. The second-order valence-corrected chi connectivity index (χ2v) is 5.00. The fraction of sp³-hybridized carbons (Fsp3) is 0.125. The first kappa shape index (κ1) is 16.6. The SMILES string of the molecule is COc1ccc(C=NNC(N)=O)cc1OCc1cccc(Cl)c1. The molecule has 0 fully saturated rings. The molecule has 2 aromatic rings. The van der Waals surface area contributed by atoms with E-state index in [-0.39, 0.29) is 0 Å². The maximum Gasteiger partial charge on any atom is 0.332 e. The van der Waals surface area contributed by atoms with E-state index in [1.54, 1.807) is 31.4 Å². The van der Waals surface area contributed by atoms with Gasteiger partial charge in [-0.3, -0.25) is 0 Å². The highest BCUT2D eigenvalue weighted by molar-refractivity contribution is 6.30. The van der Waals surface area contributed by atoms with Crippen molar-refractivity contribution < 1.29 is 14.3 Å². The van der Waals surface area contributed by atoms with E-state index >= 15 is 0 Å². The fourth-order valence-corrected chi connectivity index (χ4v) is 2.06. The van der Waals surface area contributed by atoms with Gasteiger partial charge in [-0.25, -0.2) is 10.2 Å². The number of primary amides is 1. The number of hydrogen-bond donors (Lipinski definition) is 2. The molecule has 120 valence electrons. The van der Waals surface area contributed by atoms with Crippen LogP contribution in [0.15, 0.2) is 47.6 Å². The van der Waals surface area contributed by atoms with Crippen LogP contribution in [0.2, 0.25) is 5.02 Å². The van der Waals surface area contributed by atoms with Gasteiger partial charge < -0.3 is 15.2 Å². The molecule has 0 spiro atoms. The molecule has 3 N–H and O–H groups in total. The quantitative estimate of drug-likeness (QED) is 0.629. The molecule has 0 bridgehead atoms. The largest absolute Gasteiger partial charge is 0.493 e. The molecule has 0 saturated heterocycles. The normalized spacial score (nSPS) is 10.5. The van der Waals surface area contributed by atoms with Gasteiger partial charge in [0.15, 0.2) is 11.5 Å².